The van der Waals surface area contributed by atoms with Crippen molar-refractivity contribution < 1.29 is 4.79 Å². The molecule has 0 unspecified atom stereocenters. The minimum Gasteiger partial charge on any atom is -0.325 e. The number of carbonyl (C=O) groups excluding carboxylic acids is 1. The monoisotopic (exact) mass is 230 g/mol. The highest BCUT2D eigenvalue weighted by Gasteiger charge is 2.40. The molecule has 1 heterocycles. The molecule has 1 aromatic rings. The highest BCUT2D eigenvalue weighted by atomic mass is 16.1. The number of pyridine rings is 1. The highest BCUT2D eigenvalue weighted by molar-refractivity contribution is 5.90. The zero-order valence-corrected chi connectivity index (χ0v) is 9.93. The fraction of sp³-hybridized carbons (Fsp3) is 0.571. The van der Waals surface area contributed by atoms with E-state index < -0.39 is 0 Å². The summed E-state index contributed by atoms with van der Waals surface area (Å²) >= 11 is 0. The number of nitrogens with zero attached hydrogens (tertiary/aromatic N) is 1. The van der Waals surface area contributed by atoms with Gasteiger partial charge in [0.2, 0.25) is 5.91 Å². The van der Waals surface area contributed by atoms with Crippen molar-refractivity contribution in [1.29, 1.82) is 0 Å². The van der Waals surface area contributed by atoms with Gasteiger partial charge in [0, 0.05) is 12.6 Å². The molecule has 3 heteroatoms. The first-order chi connectivity index (χ1) is 8.31. The Bertz CT molecular complexity index is 404. The third kappa shape index (κ3) is 2.33. The van der Waals surface area contributed by atoms with Crippen LogP contribution in [0.2, 0.25) is 0 Å². The van der Waals surface area contributed by atoms with Gasteiger partial charge in [0.1, 0.15) is 0 Å². The van der Waals surface area contributed by atoms with E-state index in [1.807, 2.05) is 12.1 Å². The first-order valence-electron chi connectivity index (χ1n) is 6.51. The summed E-state index contributed by atoms with van der Waals surface area (Å²) in [6.07, 6.45) is 9.47. The van der Waals surface area contributed by atoms with Crippen LogP contribution in [0.1, 0.15) is 32.1 Å². The van der Waals surface area contributed by atoms with Crippen LogP contribution in [-0.4, -0.2) is 10.9 Å². The molecule has 1 N–H and O–H groups in total. The van der Waals surface area contributed by atoms with Crippen molar-refractivity contribution in [2.45, 2.75) is 32.1 Å². The predicted octanol–water partition coefficient (Wildman–Crippen LogP) is 2.85. The maximum Gasteiger partial charge on any atom is 0.224 e. The van der Waals surface area contributed by atoms with Gasteiger partial charge >= 0.3 is 0 Å². The first kappa shape index (κ1) is 10.8. The van der Waals surface area contributed by atoms with Crippen LogP contribution in [-0.2, 0) is 4.79 Å². The van der Waals surface area contributed by atoms with E-state index in [-0.39, 0.29) is 5.91 Å². The number of hydrogen-bond donors (Lipinski definition) is 1. The summed E-state index contributed by atoms with van der Waals surface area (Å²) in [6.45, 7) is 0. The molecule has 0 spiro atoms. The van der Waals surface area contributed by atoms with Gasteiger partial charge in [-0.25, -0.2) is 0 Å². The second-order valence-electron chi connectivity index (χ2n) is 5.43. The smallest absolute Gasteiger partial charge is 0.224 e. The van der Waals surface area contributed by atoms with Gasteiger partial charge in [-0.15, -0.1) is 0 Å². The van der Waals surface area contributed by atoms with E-state index >= 15 is 0 Å². The summed E-state index contributed by atoms with van der Waals surface area (Å²) in [7, 11) is 0. The molecule has 3 rings (SSSR count). The summed E-state index contributed by atoms with van der Waals surface area (Å²) in [6, 6.07) is 3.72. The zero-order valence-electron chi connectivity index (χ0n) is 9.93. The molecule has 90 valence electrons. The lowest BCUT2D eigenvalue weighted by molar-refractivity contribution is -0.117. The van der Waals surface area contributed by atoms with E-state index in [1.165, 1.54) is 25.7 Å². The Kier molecular flexibility index (Phi) is 2.83. The summed E-state index contributed by atoms with van der Waals surface area (Å²) in [5.41, 5.74) is 0.806. The van der Waals surface area contributed by atoms with Crippen molar-refractivity contribution in [2.75, 3.05) is 5.32 Å². The standard InChI is InChI=1S/C14H18N2O/c17-14(16-13-2-1-5-15-9-13)8-12-7-10-3-4-11(12)6-10/h1-2,5,9-12H,3-4,6-8H2,(H,16,17)/t10-,11-,12+/m0/s1. The molecule has 0 aromatic carbocycles. The molecule has 3 nitrogen and oxygen atoms in total. The topological polar surface area (TPSA) is 42.0 Å². The Labute approximate surface area is 102 Å². The zero-order chi connectivity index (χ0) is 11.7. The molecule has 0 saturated heterocycles. The number of anilines is 1. The number of nitrogens with one attached hydrogen (secondary N) is 1. The Balaban J connectivity index is 1.54. The van der Waals surface area contributed by atoms with Crippen molar-refractivity contribution in [1.82, 2.24) is 4.98 Å². The van der Waals surface area contributed by atoms with Gasteiger partial charge in [0.05, 0.1) is 11.9 Å². The van der Waals surface area contributed by atoms with E-state index in [9.17, 15) is 4.79 Å². The molecule has 2 saturated carbocycles. The minimum atomic E-state index is 0.149. The molecular weight excluding hydrogens is 212 g/mol. The molecule has 2 aliphatic carbocycles. The molecule has 2 aliphatic rings. The quantitative estimate of drug-likeness (QED) is 0.867. The molecular formula is C14H18N2O. The Hall–Kier alpha value is -1.38. The predicted molar refractivity (Wildman–Crippen MR) is 66.4 cm³/mol. The number of fused-ring (bicyclic) bond motifs is 2. The molecule has 3 atom stereocenters. The fourth-order valence-electron chi connectivity index (χ4n) is 3.51. The number of hydrogen-bond acceptors (Lipinski definition) is 2. The molecule has 2 bridgehead atoms. The molecule has 17 heavy (non-hydrogen) atoms. The second kappa shape index (κ2) is 4.47. The van der Waals surface area contributed by atoms with Crippen LogP contribution in [0, 0.1) is 17.8 Å². The largest absolute Gasteiger partial charge is 0.325 e. The normalized spacial score (nSPS) is 30.5. The van der Waals surface area contributed by atoms with Gasteiger partial charge in [-0.3, -0.25) is 9.78 Å². The van der Waals surface area contributed by atoms with E-state index in [4.69, 9.17) is 0 Å². The lowest BCUT2D eigenvalue weighted by Crippen LogP contribution is -2.20. The summed E-state index contributed by atoms with van der Waals surface area (Å²) in [5.74, 6) is 2.51. The van der Waals surface area contributed by atoms with Crippen molar-refractivity contribution in [3.8, 4) is 0 Å². The molecule has 1 aromatic heterocycles. The molecule has 1 amide bonds. The van der Waals surface area contributed by atoms with Crippen LogP contribution in [0.15, 0.2) is 24.5 Å². The third-order valence-electron chi connectivity index (χ3n) is 4.28. The number of aromatic nitrogens is 1. The Morgan fingerprint density at radius 2 is 2.35 bits per heavy atom. The highest BCUT2D eigenvalue weighted by Crippen LogP contribution is 2.49. The van der Waals surface area contributed by atoms with Gasteiger partial charge in [0.25, 0.3) is 0 Å². The Morgan fingerprint density at radius 3 is 3.00 bits per heavy atom. The third-order valence-corrected chi connectivity index (χ3v) is 4.28. The average molecular weight is 230 g/mol. The van der Waals surface area contributed by atoms with Crippen LogP contribution in [0.25, 0.3) is 0 Å². The maximum atomic E-state index is 11.9. The van der Waals surface area contributed by atoms with Gasteiger partial charge in [0.15, 0.2) is 0 Å². The molecule has 2 fully saturated rings. The van der Waals surface area contributed by atoms with E-state index in [2.05, 4.69) is 10.3 Å². The van der Waals surface area contributed by atoms with Gasteiger partial charge in [-0.2, -0.15) is 0 Å². The van der Waals surface area contributed by atoms with E-state index in [0.717, 1.165) is 17.5 Å². The van der Waals surface area contributed by atoms with Crippen molar-refractivity contribution in [3.05, 3.63) is 24.5 Å². The summed E-state index contributed by atoms with van der Waals surface area (Å²) < 4.78 is 0. The SMILES string of the molecule is O=C(C[C@H]1C[C@H]2CC[C@H]1C2)Nc1cccnc1. The van der Waals surface area contributed by atoms with Gasteiger partial charge in [-0.05, 0) is 49.1 Å². The molecule has 0 aliphatic heterocycles. The minimum absolute atomic E-state index is 0.149. The average Bonchev–Trinajstić information content (AvgIpc) is 2.92. The van der Waals surface area contributed by atoms with Gasteiger partial charge in [-0.1, -0.05) is 6.42 Å². The number of carbonyl (C=O) groups is 1. The van der Waals surface area contributed by atoms with Crippen LogP contribution >= 0.6 is 0 Å². The van der Waals surface area contributed by atoms with Crippen molar-refractivity contribution >= 4 is 11.6 Å². The lowest BCUT2D eigenvalue weighted by atomic mass is 9.86. The fourth-order valence-corrected chi connectivity index (χ4v) is 3.51. The maximum absolute atomic E-state index is 11.9. The van der Waals surface area contributed by atoms with Crippen LogP contribution in [0.5, 0.6) is 0 Å². The second-order valence-corrected chi connectivity index (χ2v) is 5.43. The van der Waals surface area contributed by atoms with Crippen LogP contribution < -0.4 is 5.32 Å². The van der Waals surface area contributed by atoms with Crippen molar-refractivity contribution in [3.63, 3.8) is 0 Å². The van der Waals surface area contributed by atoms with E-state index in [0.29, 0.717) is 12.3 Å². The number of rotatable bonds is 3. The molecule has 0 radical (unpaired) electrons. The summed E-state index contributed by atoms with van der Waals surface area (Å²) in [4.78, 5) is 15.9. The van der Waals surface area contributed by atoms with E-state index in [1.54, 1.807) is 12.4 Å². The number of amides is 1. The van der Waals surface area contributed by atoms with Crippen LogP contribution in [0.4, 0.5) is 5.69 Å². The first-order valence-corrected chi connectivity index (χ1v) is 6.51. The summed E-state index contributed by atoms with van der Waals surface area (Å²) in [5, 5.41) is 2.93. The lowest BCUT2D eigenvalue weighted by Gasteiger charge is -2.20. The van der Waals surface area contributed by atoms with Gasteiger partial charge < -0.3 is 5.32 Å². The Morgan fingerprint density at radius 1 is 1.41 bits per heavy atom. The van der Waals surface area contributed by atoms with Crippen LogP contribution in [0.3, 0.4) is 0 Å². The van der Waals surface area contributed by atoms with Crippen molar-refractivity contribution in [2.24, 2.45) is 17.8 Å².